The van der Waals surface area contributed by atoms with Gasteiger partial charge in [-0.25, -0.2) is 4.79 Å². The van der Waals surface area contributed by atoms with Crippen LogP contribution in [0.3, 0.4) is 0 Å². The van der Waals surface area contributed by atoms with Crippen molar-refractivity contribution in [1.29, 1.82) is 0 Å². The fourth-order valence-corrected chi connectivity index (χ4v) is 4.74. The van der Waals surface area contributed by atoms with Gasteiger partial charge in [0.15, 0.2) is 0 Å². The Morgan fingerprint density at radius 1 is 0.970 bits per heavy atom. The predicted molar refractivity (Wildman–Crippen MR) is 134 cm³/mol. The molecular formula is C24H21Cl2N3O3S. The van der Waals surface area contributed by atoms with Crippen LogP contribution < -0.4 is 16.6 Å². The summed E-state index contributed by atoms with van der Waals surface area (Å²) in [6.07, 6.45) is 0.688. The highest BCUT2D eigenvalue weighted by molar-refractivity contribution is 7.17. The second kappa shape index (κ2) is 10.4. The molecule has 2 heterocycles. The molecule has 33 heavy (non-hydrogen) atoms. The standard InChI is InChI=1S/C24H21Cl2N3O3S/c25-18-7-5-16(6-8-18)9-12-27-21(30)10-13-28-23(31)22-20(11-14-33-22)29(24(28)32)15-17-3-1-2-4-19(17)26/h1-8,11,14H,9-10,12-13,15H2,(H,27,30). The zero-order chi connectivity index (χ0) is 23.4. The Morgan fingerprint density at radius 2 is 1.73 bits per heavy atom. The van der Waals surface area contributed by atoms with Gasteiger partial charge in [0.2, 0.25) is 5.91 Å². The van der Waals surface area contributed by atoms with Crippen molar-refractivity contribution < 1.29 is 4.79 Å². The van der Waals surface area contributed by atoms with Gasteiger partial charge in [-0.05, 0) is 47.2 Å². The highest BCUT2D eigenvalue weighted by Gasteiger charge is 2.16. The number of nitrogens with zero attached hydrogens (tertiary/aromatic N) is 2. The van der Waals surface area contributed by atoms with Crippen molar-refractivity contribution in [2.24, 2.45) is 0 Å². The average Bonchev–Trinajstić information content (AvgIpc) is 3.29. The molecule has 9 heteroatoms. The van der Waals surface area contributed by atoms with Crippen LogP contribution in [-0.2, 0) is 24.3 Å². The van der Waals surface area contributed by atoms with Crippen molar-refractivity contribution in [2.45, 2.75) is 25.9 Å². The SMILES string of the molecule is O=C(CCn1c(=O)c2sccc2n(Cc2ccccc2Cl)c1=O)NCCc1ccc(Cl)cc1. The molecule has 170 valence electrons. The molecule has 0 fully saturated rings. The Bertz CT molecular complexity index is 1410. The minimum Gasteiger partial charge on any atom is -0.356 e. The van der Waals surface area contributed by atoms with Gasteiger partial charge in [0, 0.05) is 29.6 Å². The van der Waals surface area contributed by atoms with Gasteiger partial charge < -0.3 is 5.32 Å². The van der Waals surface area contributed by atoms with E-state index in [2.05, 4.69) is 5.32 Å². The number of fused-ring (bicyclic) bond motifs is 1. The maximum atomic E-state index is 13.2. The monoisotopic (exact) mass is 501 g/mol. The first-order valence-electron chi connectivity index (χ1n) is 10.4. The first-order valence-corrected chi connectivity index (χ1v) is 12.0. The summed E-state index contributed by atoms with van der Waals surface area (Å²) in [7, 11) is 0. The number of benzene rings is 2. The molecule has 6 nitrogen and oxygen atoms in total. The molecule has 0 aliphatic carbocycles. The van der Waals surface area contributed by atoms with Gasteiger partial charge in [0.1, 0.15) is 4.70 Å². The summed E-state index contributed by atoms with van der Waals surface area (Å²) in [6, 6.07) is 16.5. The van der Waals surface area contributed by atoms with Gasteiger partial charge in [0.25, 0.3) is 5.56 Å². The van der Waals surface area contributed by atoms with E-state index in [1.54, 1.807) is 29.6 Å². The lowest BCUT2D eigenvalue weighted by molar-refractivity contribution is -0.121. The predicted octanol–water partition coefficient (Wildman–Crippen LogP) is 4.33. The number of carbonyl (C=O) groups is 1. The first-order chi connectivity index (χ1) is 15.9. The lowest BCUT2D eigenvalue weighted by atomic mass is 10.1. The van der Waals surface area contributed by atoms with Crippen LogP contribution in [0.2, 0.25) is 10.0 Å². The summed E-state index contributed by atoms with van der Waals surface area (Å²) >= 11 is 13.4. The molecule has 0 radical (unpaired) electrons. The van der Waals surface area contributed by atoms with Crippen LogP contribution in [-0.4, -0.2) is 21.6 Å². The van der Waals surface area contributed by atoms with E-state index in [1.165, 1.54) is 15.9 Å². The zero-order valence-corrected chi connectivity index (χ0v) is 19.9. The minimum absolute atomic E-state index is 0.000800. The van der Waals surface area contributed by atoms with Crippen LogP contribution in [0.5, 0.6) is 0 Å². The number of thiophene rings is 1. The van der Waals surface area contributed by atoms with Crippen LogP contribution in [0.4, 0.5) is 0 Å². The van der Waals surface area contributed by atoms with Crippen molar-refractivity contribution in [2.75, 3.05) is 6.54 Å². The van der Waals surface area contributed by atoms with E-state index in [-0.39, 0.29) is 31.0 Å². The normalized spacial score (nSPS) is 11.1. The molecule has 0 aliphatic rings. The quantitative estimate of drug-likeness (QED) is 0.390. The van der Waals surface area contributed by atoms with Gasteiger partial charge in [-0.2, -0.15) is 0 Å². The maximum Gasteiger partial charge on any atom is 0.331 e. The highest BCUT2D eigenvalue weighted by Crippen LogP contribution is 2.20. The molecule has 0 saturated carbocycles. The Kier molecular flexibility index (Phi) is 7.33. The van der Waals surface area contributed by atoms with Crippen molar-refractivity contribution >= 4 is 50.7 Å². The lowest BCUT2D eigenvalue weighted by Crippen LogP contribution is -2.41. The summed E-state index contributed by atoms with van der Waals surface area (Å²) in [5, 5.41) is 5.83. The number of carbonyl (C=O) groups excluding carboxylic acids is 1. The molecule has 0 bridgehead atoms. The molecule has 4 rings (SSSR count). The van der Waals surface area contributed by atoms with E-state index < -0.39 is 5.69 Å². The molecule has 4 aromatic rings. The van der Waals surface area contributed by atoms with Gasteiger partial charge in [-0.3, -0.25) is 18.7 Å². The van der Waals surface area contributed by atoms with E-state index in [0.29, 0.717) is 33.2 Å². The second-order valence-corrected chi connectivity index (χ2v) is 9.29. The Labute approximate surface area is 204 Å². The first kappa shape index (κ1) is 23.3. The van der Waals surface area contributed by atoms with E-state index in [9.17, 15) is 14.4 Å². The third-order valence-electron chi connectivity index (χ3n) is 5.33. The van der Waals surface area contributed by atoms with Gasteiger partial charge >= 0.3 is 5.69 Å². The fourth-order valence-electron chi connectivity index (χ4n) is 3.58. The molecule has 0 unspecified atom stereocenters. The number of hydrogen-bond acceptors (Lipinski definition) is 4. The average molecular weight is 502 g/mol. The number of halogens is 2. The summed E-state index contributed by atoms with van der Waals surface area (Å²) in [4.78, 5) is 38.5. The van der Waals surface area contributed by atoms with Crippen LogP contribution in [0.1, 0.15) is 17.5 Å². The van der Waals surface area contributed by atoms with Gasteiger partial charge in [-0.15, -0.1) is 11.3 Å². The number of nitrogens with one attached hydrogen (secondary N) is 1. The largest absolute Gasteiger partial charge is 0.356 e. The summed E-state index contributed by atoms with van der Waals surface area (Å²) in [5.41, 5.74) is 1.56. The molecule has 0 saturated heterocycles. The molecule has 0 aliphatic heterocycles. The molecular weight excluding hydrogens is 481 g/mol. The number of aromatic nitrogens is 2. The van der Waals surface area contributed by atoms with E-state index in [1.807, 2.05) is 30.3 Å². The topological polar surface area (TPSA) is 73.1 Å². The number of rotatable bonds is 8. The summed E-state index contributed by atoms with van der Waals surface area (Å²) in [5.74, 6) is -0.223. The Morgan fingerprint density at radius 3 is 2.48 bits per heavy atom. The minimum atomic E-state index is -0.459. The van der Waals surface area contributed by atoms with Crippen molar-refractivity contribution in [3.63, 3.8) is 0 Å². The van der Waals surface area contributed by atoms with Crippen molar-refractivity contribution in [1.82, 2.24) is 14.5 Å². The summed E-state index contributed by atoms with van der Waals surface area (Å²) < 4.78 is 3.14. The van der Waals surface area contributed by atoms with E-state index in [4.69, 9.17) is 23.2 Å². The molecule has 2 aromatic carbocycles. The number of hydrogen-bond donors (Lipinski definition) is 1. The molecule has 2 aromatic heterocycles. The molecule has 0 spiro atoms. The molecule has 0 atom stereocenters. The second-order valence-electron chi connectivity index (χ2n) is 7.53. The van der Waals surface area contributed by atoms with E-state index in [0.717, 1.165) is 15.7 Å². The summed E-state index contributed by atoms with van der Waals surface area (Å²) in [6.45, 7) is 0.691. The number of amides is 1. The van der Waals surface area contributed by atoms with E-state index >= 15 is 0 Å². The zero-order valence-electron chi connectivity index (χ0n) is 17.6. The lowest BCUT2D eigenvalue weighted by Gasteiger charge is -2.13. The van der Waals surface area contributed by atoms with Crippen molar-refractivity contribution in [3.8, 4) is 0 Å². The third kappa shape index (κ3) is 5.38. The molecule has 1 N–H and O–H groups in total. The maximum absolute atomic E-state index is 13.2. The smallest absolute Gasteiger partial charge is 0.331 e. The van der Waals surface area contributed by atoms with Gasteiger partial charge in [-0.1, -0.05) is 53.5 Å². The molecule has 1 amide bonds. The van der Waals surface area contributed by atoms with Crippen molar-refractivity contribution in [3.05, 3.63) is 102 Å². The highest BCUT2D eigenvalue weighted by atomic mass is 35.5. The van der Waals surface area contributed by atoms with Crippen LogP contribution in [0.25, 0.3) is 10.2 Å². The van der Waals surface area contributed by atoms with Crippen LogP contribution in [0.15, 0.2) is 69.6 Å². The Hall–Kier alpha value is -2.87. The van der Waals surface area contributed by atoms with Crippen LogP contribution in [0, 0.1) is 0 Å². The third-order valence-corrected chi connectivity index (χ3v) is 6.85. The fraction of sp³-hybridized carbons (Fsp3) is 0.208. The van der Waals surface area contributed by atoms with Gasteiger partial charge in [0.05, 0.1) is 12.1 Å². The Balaban J connectivity index is 1.49. The van der Waals surface area contributed by atoms with Crippen LogP contribution >= 0.6 is 34.5 Å².